The number of hydrogen-bond donors (Lipinski definition) is 2. The second-order valence-corrected chi connectivity index (χ2v) is 5.63. The number of nitrogens with one attached hydrogen (secondary N) is 2. The fourth-order valence-electron chi connectivity index (χ4n) is 2.31. The first-order chi connectivity index (χ1) is 12.0. The van der Waals surface area contributed by atoms with Crippen LogP contribution >= 0.6 is 0 Å². The highest BCUT2D eigenvalue weighted by Gasteiger charge is 2.09. The maximum Gasteiger partial charge on any atom is 0.276 e. The minimum atomic E-state index is -0.425. The molecule has 0 saturated carbocycles. The highest BCUT2D eigenvalue weighted by molar-refractivity contribution is 5.83. The van der Waals surface area contributed by atoms with E-state index in [2.05, 4.69) is 10.9 Å². The number of benzene rings is 2. The predicted octanol–water partition coefficient (Wildman–Crippen LogP) is 2.08. The summed E-state index contributed by atoms with van der Waals surface area (Å²) in [6.45, 7) is 3.66. The van der Waals surface area contributed by atoms with Gasteiger partial charge in [-0.1, -0.05) is 30.3 Å². The van der Waals surface area contributed by atoms with Crippen molar-refractivity contribution >= 4 is 11.8 Å². The molecule has 0 radical (unpaired) electrons. The summed E-state index contributed by atoms with van der Waals surface area (Å²) in [5.41, 5.74) is 7.45. The van der Waals surface area contributed by atoms with E-state index < -0.39 is 5.91 Å². The number of para-hydroxylation sites is 1. The van der Waals surface area contributed by atoms with Crippen LogP contribution in [0.5, 0.6) is 11.5 Å². The lowest BCUT2D eigenvalue weighted by Gasteiger charge is -2.12. The van der Waals surface area contributed by atoms with Crippen molar-refractivity contribution in [3.63, 3.8) is 0 Å². The monoisotopic (exact) mass is 342 g/mol. The number of carbonyl (C=O) groups excluding carboxylic acids is 2. The average Bonchev–Trinajstić information content (AvgIpc) is 2.60. The van der Waals surface area contributed by atoms with E-state index in [1.165, 1.54) is 0 Å². The fraction of sp³-hybridized carbons (Fsp3) is 0.263. The standard InChI is InChI=1S/C19H22N2O4/c1-13-5-4-6-14(2)19(13)25-12-18(23)21-20-17(22)11-15-7-9-16(24-3)10-8-15/h4-10H,11-12H2,1-3H3,(H,20,22)(H,21,23). The third-order valence-electron chi connectivity index (χ3n) is 3.62. The second-order valence-electron chi connectivity index (χ2n) is 5.63. The quantitative estimate of drug-likeness (QED) is 0.788. The van der Waals surface area contributed by atoms with Gasteiger partial charge in [0, 0.05) is 0 Å². The lowest BCUT2D eigenvalue weighted by atomic mass is 10.1. The minimum absolute atomic E-state index is 0.155. The van der Waals surface area contributed by atoms with E-state index in [9.17, 15) is 9.59 Å². The highest BCUT2D eigenvalue weighted by Crippen LogP contribution is 2.21. The molecule has 6 heteroatoms. The van der Waals surface area contributed by atoms with Gasteiger partial charge >= 0.3 is 0 Å². The molecule has 25 heavy (non-hydrogen) atoms. The highest BCUT2D eigenvalue weighted by atomic mass is 16.5. The first-order valence-corrected chi connectivity index (χ1v) is 7.89. The predicted molar refractivity (Wildman–Crippen MR) is 94.4 cm³/mol. The molecule has 0 aliphatic rings. The molecule has 0 unspecified atom stereocenters. The number of hydrogen-bond acceptors (Lipinski definition) is 4. The third-order valence-corrected chi connectivity index (χ3v) is 3.62. The van der Waals surface area contributed by atoms with Crippen LogP contribution in [0, 0.1) is 13.8 Å². The van der Waals surface area contributed by atoms with Crippen LogP contribution in [0.2, 0.25) is 0 Å². The molecule has 132 valence electrons. The lowest BCUT2D eigenvalue weighted by molar-refractivity contribution is -0.129. The van der Waals surface area contributed by atoms with Crippen LogP contribution in [0.4, 0.5) is 0 Å². The number of aryl methyl sites for hydroxylation is 2. The Morgan fingerprint density at radius 2 is 1.52 bits per heavy atom. The average molecular weight is 342 g/mol. The molecule has 0 heterocycles. The van der Waals surface area contributed by atoms with Crippen molar-refractivity contribution in [1.29, 1.82) is 0 Å². The van der Waals surface area contributed by atoms with Crippen LogP contribution in [0.25, 0.3) is 0 Å². The van der Waals surface area contributed by atoms with Crippen LogP contribution < -0.4 is 20.3 Å². The van der Waals surface area contributed by atoms with Crippen molar-refractivity contribution in [1.82, 2.24) is 10.9 Å². The Kier molecular flexibility index (Phi) is 6.39. The van der Waals surface area contributed by atoms with Gasteiger partial charge in [0.2, 0.25) is 5.91 Å². The van der Waals surface area contributed by atoms with Crippen molar-refractivity contribution in [2.75, 3.05) is 13.7 Å². The zero-order valence-electron chi connectivity index (χ0n) is 14.6. The molecule has 2 amide bonds. The Morgan fingerprint density at radius 3 is 2.12 bits per heavy atom. The largest absolute Gasteiger partial charge is 0.497 e. The molecule has 2 aromatic carbocycles. The topological polar surface area (TPSA) is 76.7 Å². The van der Waals surface area contributed by atoms with Crippen LogP contribution in [0.1, 0.15) is 16.7 Å². The molecule has 0 saturated heterocycles. The second kappa shape index (κ2) is 8.73. The summed E-state index contributed by atoms with van der Waals surface area (Å²) in [5.74, 6) is 0.666. The summed E-state index contributed by atoms with van der Waals surface area (Å²) in [4.78, 5) is 23.7. The Morgan fingerprint density at radius 1 is 0.920 bits per heavy atom. The van der Waals surface area contributed by atoms with E-state index in [-0.39, 0.29) is 18.9 Å². The molecular weight excluding hydrogens is 320 g/mol. The Hall–Kier alpha value is -3.02. The number of amides is 2. The van der Waals surface area contributed by atoms with Gasteiger partial charge in [-0.3, -0.25) is 20.4 Å². The fourth-order valence-corrected chi connectivity index (χ4v) is 2.31. The molecule has 2 N–H and O–H groups in total. The van der Waals surface area contributed by atoms with E-state index in [4.69, 9.17) is 9.47 Å². The molecule has 0 fully saturated rings. The zero-order chi connectivity index (χ0) is 18.2. The van der Waals surface area contributed by atoms with Crippen molar-refractivity contribution in [3.8, 4) is 11.5 Å². The molecule has 0 aliphatic carbocycles. The van der Waals surface area contributed by atoms with E-state index in [1.807, 2.05) is 32.0 Å². The summed E-state index contributed by atoms with van der Waals surface area (Å²) in [7, 11) is 1.58. The normalized spacial score (nSPS) is 10.0. The summed E-state index contributed by atoms with van der Waals surface area (Å²) in [5, 5.41) is 0. The molecule has 2 rings (SSSR count). The Labute approximate surface area is 147 Å². The van der Waals surface area contributed by atoms with Gasteiger partial charge in [-0.15, -0.1) is 0 Å². The van der Waals surface area contributed by atoms with E-state index in [0.717, 1.165) is 22.4 Å². The van der Waals surface area contributed by atoms with E-state index >= 15 is 0 Å². The van der Waals surface area contributed by atoms with Gasteiger partial charge in [-0.2, -0.15) is 0 Å². The number of carbonyl (C=O) groups is 2. The first-order valence-electron chi connectivity index (χ1n) is 7.89. The number of ether oxygens (including phenoxy) is 2. The van der Waals surface area contributed by atoms with Gasteiger partial charge in [0.05, 0.1) is 13.5 Å². The van der Waals surface area contributed by atoms with Crippen molar-refractivity contribution in [2.24, 2.45) is 0 Å². The van der Waals surface area contributed by atoms with Gasteiger partial charge in [-0.05, 0) is 42.7 Å². The van der Waals surface area contributed by atoms with Crippen LogP contribution in [-0.2, 0) is 16.0 Å². The molecule has 6 nitrogen and oxygen atoms in total. The number of rotatable bonds is 6. The minimum Gasteiger partial charge on any atom is -0.497 e. The van der Waals surface area contributed by atoms with Crippen LogP contribution in [-0.4, -0.2) is 25.5 Å². The Bertz CT molecular complexity index is 721. The van der Waals surface area contributed by atoms with Crippen LogP contribution in [0.3, 0.4) is 0 Å². The van der Waals surface area contributed by atoms with Gasteiger partial charge in [0.15, 0.2) is 6.61 Å². The molecule has 0 atom stereocenters. The molecular formula is C19H22N2O4. The first kappa shape index (κ1) is 18.3. The molecule has 0 spiro atoms. The molecule has 0 bridgehead atoms. The van der Waals surface area contributed by atoms with Crippen molar-refractivity contribution in [2.45, 2.75) is 20.3 Å². The van der Waals surface area contributed by atoms with E-state index in [0.29, 0.717) is 5.75 Å². The van der Waals surface area contributed by atoms with Crippen LogP contribution in [0.15, 0.2) is 42.5 Å². The number of methoxy groups -OCH3 is 1. The smallest absolute Gasteiger partial charge is 0.276 e. The van der Waals surface area contributed by atoms with Gasteiger partial charge < -0.3 is 9.47 Å². The maximum absolute atomic E-state index is 11.9. The van der Waals surface area contributed by atoms with Gasteiger partial charge in [0.25, 0.3) is 5.91 Å². The molecule has 0 aliphatic heterocycles. The SMILES string of the molecule is COc1ccc(CC(=O)NNC(=O)COc2c(C)cccc2C)cc1. The lowest BCUT2D eigenvalue weighted by Crippen LogP contribution is -2.44. The number of hydrazine groups is 1. The maximum atomic E-state index is 11.9. The summed E-state index contributed by atoms with van der Waals surface area (Å²) < 4.78 is 10.6. The van der Waals surface area contributed by atoms with Crippen molar-refractivity contribution < 1.29 is 19.1 Å². The summed E-state index contributed by atoms with van der Waals surface area (Å²) >= 11 is 0. The van der Waals surface area contributed by atoms with Crippen molar-refractivity contribution in [3.05, 3.63) is 59.2 Å². The zero-order valence-corrected chi connectivity index (χ0v) is 14.6. The molecule has 0 aromatic heterocycles. The summed E-state index contributed by atoms with van der Waals surface area (Å²) in [6.07, 6.45) is 0.155. The third kappa shape index (κ3) is 5.53. The van der Waals surface area contributed by atoms with E-state index in [1.54, 1.807) is 31.4 Å². The molecule has 2 aromatic rings. The van der Waals surface area contributed by atoms with Gasteiger partial charge in [0.1, 0.15) is 11.5 Å². The summed E-state index contributed by atoms with van der Waals surface area (Å²) in [6, 6.07) is 12.9. The van der Waals surface area contributed by atoms with Gasteiger partial charge in [-0.25, -0.2) is 0 Å². The Balaban J connectivity index is 1.76.